The van der Waals surface area contributed by atoms with Crippen LogP contribution in [0.15, 0.2) is 0 Å². The smallest absolute Gasteiger partial charge is 0.000801 e. The second-order valence-corrected chi connectivity index (χ2v) is 7.71. The third-order valence-corrected chi connectivity index (χ3v) is 5.70. The van der Waals surface area contributed by atoms with E-state index >= 15 is 0 Å². The maximum Gasteiger partial charge on any atom is 0.000801 e. The standard InChI is InChI=1S/C19H37N/c1-3-5-6-7-8-9-10-11-19(16-20-12-4-2)14-17-13-18(17)15-19/h17-18,20H,3-16H2,1-2H3. The van der Waals surface area contributed by atoms with E-state index in [1.54, 1.807) is 19.3 Å². The average molecular weight is 280 g/mol. The van der Waals surface area contributed by atoms with Gasteiger partial charge in [0.05, 0.1) is 0 Å². The number of rotatable bonds is 12. The molecule has 0 amide bonds. The molecule has 20 heavy (non-hydrogen) atoms. The Labute approximate surface area is 127 Å². The molecule has 2 atom stereocenters. The highest BCUT2D eigenvalue weighted by atomic mass is 14.9. The number of hydrogen-bond acceptors (Lipinski definition) is 1. The van der Waals surface area contributed by atoms with Crippen LogP contribution in [0.2, 0.25) is 0 Å². The Morgan fingerprint density at radius 2 is 1.50 bits per heavy atom. The van der Waals surface area contributed by atoms with Crippen LogP contribution in [-0.2, 0) is 0 Å². The number of hydrogen-bond donors (Lipinski definition) is 1. The summed E-state index contributed by atoms with van der Waals surface area (Å²) >= 11 is 0. The van der Waals surface area contributed by atoms with Crippen molar-refractivity contribution in [2.45, 2.75) is 90.9 Å². The van der Waals surface area contributed by atoms with Crippen molar-refractivity contribution in [3.8, 4) is 0 Å². The molecule has 118 valence electrons. The van der Waals surface area contributed by atoms with E-state index in [0.29, 0.717) is 5.41 Å². The van der Waals surface area contributed by atoms with E-state index in [9.17, 15) is 0 Å². The normalized spacial score (nSPS) is 31.5. The quantitative estimate of drug-likeness (QED) is 0.462. The van der Waals surface area contributed by atoms with Crippen LogP contribution < -0.4 is 5.32 Å². The largest absolute Gasteiger partial charge is 0.316 e. The molecule has 0 radical (unpaired) electrons. The van der Waals surface area contributed by atoms with Gasteiger partial charge in [0.2, 0.25) is 0 Å². The monoisotopic (exact) mass is 279 g/mol. The summed E-state index contributed by atoms with van der Waals surface area (Å²) in [6.45, 7) is 7.11. The maximum absolute atomic E-state index is 3.73. The van der Waals surface area contributed by atoms with Crippen molar-refractivity contribution in [2.75, 3.05) is 13.1 Å². The second kappa shape index (κ2) is 8.41. The van der Waals surface area contributed by atoms with Gasteiger partial charge in [0.25, 0.3) is 0 Å². The van der Waals surface area contributed by atoms with E-state index in [2.05, 4.69) is 19.2 Å². The van der Waals surface area contributed by atoms with Gasteiger partial charge in [0, 0.05) is 6.54 Å². The lowest BCUT2D eigenvalue weighted by Crippen LogP contribution is -2.33. The van der Waals surface area contributed by atoms with E-state index < -0.39 is 0 Å². The molecule has 0 heterocycles. The molecule has 1 nitrogen and oxygen atoms in total. The zero-order chi connectivity index (χ0) is 14.3. The van der Waals surface area contributed by atoms with Crippen molar-refractivity contribution in [1.29, 1.82) is 0 Å². The van der Waals surface area contributed by atoms with Gasteiger partial charge in [-0.1, -0.05) is 58.8 Å². The zero-order valence-corrected chi connectivity index (χ0v) is 14.1. The molecule has 0 saturated heterocycles. The number of fused-ring (bicyclic) bond motifs is 1. The molecule has 0 aromatic heterocycles. The first-order chi connectivity index (χ1) is 9.79. The van der Waals surface area contributed by atoms with Crippen LogP contribution in [0.3, 0.4) is 0 Å². The SMILES string of the molecule is CCCCCCCCCC1(CNCCC)CC2CC2C1. The van der Waals surface area contributed by atoms with Gasteiger partial charge in [-0.25, -0.2) is 0 Å². The van der Waals surface area contributed by atoms with Crippen LogP contribution >= 0.6 is 0 Å². The Morgan fingerprint density at radius 1 is 0.850 bits per heavy atom. The first-order valence-electron chi connectivity index (χ1n) is 9.50. The van der Waals surface area contributed by atoms with E-state index in [1.807, 2.05) is 0 Å². The summed E-state index contributed by atoms with van der Waals surface area (Å²) in [5, 5.41) is 3.73. The summed E-state index contributed by atoms with van der Waals surface area (Å²) in [5.41, 5.74) is 0.701. The van der Waals surface area contributed by atoms with Crippen molar-refractivity contribution in [3.05, 3.63) is 0 Å². The highest BCUT2D eigenvalue weighted by molar-refractivity contribution is 5.03. The van der Waals surface area contributed by atoms with Crippen LogP contribution in [0.1, 0.15) is 90.9 Å². The minimum absolute atomic E-state index is 0.701. The Bertz CT molecular complexity index is 250. The fourth-order valence-electron chi connectivity index (χ4n) is 4.43. The molecule has 0 aromatic carbocycles. The molecule has 2 aliphatic rings. The average Bonchev–Trinajstić information content (AvgIpc) is 3.06. The molecule has 0 aliphatic heterocycles. The number of nitrogens with one attached hydrogen (secondary N) is 1. The fourth-order valence-corrected chi connectivity index (χ4v) is 4.43. The highest BCUT2D eigenvalue weighted by Crippen LogP contribution is 2.61. The summed E-state index contributed by atoms with van der Waals surface area (Å²) in [4.78, 5) is 0. The Balaban J connectivity index is 1.59. The Kier molecular flexibility index (Phi) is 6.87. The molecule has 0 aromatic rings. The topological polar surface area (TPSA) is 12.0 Å². The number of unbranched alkanes of at least 4 members (excludes halogenated alkanes) is 6. The van der Waals surface area contributed by atoms with Crippen molar-refractivity contribution in [2.24, 2.45) is 17.3 Å². The first kappa shape index (κ1) is 16.3. The zero-order valence-electron chi connectivity index (χ0n) is 14.1. The summed E-state index contributed by atoms with van der Waals surface area (Å²) < 4.78 is 0. The summed E-state index contributed by atoms with van der Waals surface area (Å²) in [6, 6.07) is 0. The lowest BCUT2D eigenvalue weighted by molar-refractivity contribution is 0.222. The van der Waals surface area contributed by atoms with Gasteiger partial charge in [-0.2, -0.15) is 0 Å². The van der Waals surface area contributed by atoms with Crippen molar-refractivity contribution >= 4 is 0 Å². The third kappa shape index (κ3) is 5.06. The van der Waals surface area contributed by atoms with E-state index in [0.717, 1.165) is 11.8 Å². The van der Waals surface area contributed by atoms with Crippen molar-refractivity contribution in [1.82, 2.24) is 5.32 Å². The predicted octanol–water partition coefficient (Wildman–Crippen LogP) is 5.54. The van der Waals surface area contributed by atoms with Crippen LogP contribution in [0.25, 0.3) is 0 Å². The van der Waals surface area contributed by atoms with E-state index in [-0.39, 0.29) is 0 Å². The van der Waals surface area contributed by atoms with Crippen molar-refractivity contribution < 1.29 is 0 Å². The predicted molar refractivity (Wildman–Crippen MR) is 89.0 cm³/mol. The molecule has 0 bridgehead atoms. The molecule has 0 spiro atoms. The molecule has 2 rings (SSSR count). The minimum Gasteiger partial charge on any atom is -0.316 e. The van der Waals surface area contributed by atoms with Crippen LogP contribution in [0.5, 0.6) is 0 Å². The fraction of sp³-hybridized carbons (Fsp3) is 1.00. The molecule has 2 fully saturated rings. The lowest BCUT2D eigenvalue weighted by atomic mass is 9.78. The van der Waals surface area contributed by atoms with Gasteiger partial charge < -0.3 is 5.32 Å². The van der Waals surface area contributed by atoms with Crippen LogP contribution in [-0.4, -0.2) is 13.1 Å². The van der Waals surface area contributed by atoms with Gasteiger partial charge >= 0.3 is 0 Å². The maximum atomic E-state index is 3.73. The molecule has 2 saturated carbocycles. The third-order valence-electron chi connectivity index (χ3n) is 5.70. The van der Waals surface area contributed by atoms with Crippen LogP contribution in [0, 0.1) is 17.3 Å². The molecular weight excluding hydrogens is 242 g/mol. The van der Waals surface area contributed by atoms with Gasteiger partial charge in [-0.15, -0.1) is 0 Å². The minimum atomic E-state index is 0.701. The van der Waals surface area contributed by atoms with E-state index in [4.69, 9.17) is 0 Å². The molecule has 1 heteroatoms. The summed E-state index contributed by atoms with van der Waals surface area (Å²) in [5.74, 6) is 2.26. The van der Waals surface area contributed by atoms with Crippen molar-refractivity contribution in [3.63, 3.8) is 0 Å². The molecule has 2 unspecified atom stereocenters. The molecule has 2 aliphatic carbocycles. The Morgan fingerprint density at radius 3 is 2.15 bits per heavy atom. The molecule has 1 N–H and O–H groups in total. The first-order valence-corrected chi connectivity index (χ1v) is 9.50. The summed E-state index contributed by atoms with van der Waals surface area (Å²) in [6.07, 6.45) is 17.6. The van der Waals surface area contributed by atoms with Gasteiger partial charge in [-0.3, -0.25) is 0 Å². The van der Waals surface area contributed by atoms with Gasteiger partial charge in [0.15, 0.2) is 0 Å². The molecular formula is C19H37N. The van der Waals surface area contributed by atoms with Gasteiger partial charge in [-0.05, 0) is 55.9 Å². The Hall–Kier alpha value is -0.0400. The second-order valence-electron chi connectivity index (χ2n) is 7.71. The van der Waals surface area contributed by atoms with Gasteiger partial charge in [0.1, 0.15) is 0 Å². The highest BCUT2D eigenvalue weighted by Gasteiger charge is 2.52. The van der Waals surface area contributed by atoms with E-state index in [1.165, 1.54) is 70.9 Å². The summed E-state index contributed by atoms with van der Waals surface area (Å²) in [7, 11) is 0. The van der Waals surface area contributed by atoms with Crippen LogP contribution in [0.4, 0.5) is 0 Å². The lowest BCUT2D eigenvalue weighted by Gasteiger charge is -2.31.